The Morgan fingerprint density at radius 2 is 1.53 bits per heavy atom. The van der Waals surface area contributed by atoms with Gasteiger partial charge in [-0.3, -0.25) is 19.2 Å². The Labute approximate surface area is 362 Å². The minimum absolute atomic E-state index is 0.0179. The molecule has 7 rings (SSSR count). The number of carbonyl (C=O) groups excluding carboxylic acids is 3. The van der Waals surface area contributed by atoms with Crippen molar-refractivity contribution in [3.63, 3.8) is 0 Å². The van der Waals surface area contributed by atoms with Crippen molar-refractivity contribution >= 4 is 115 Å². The lowest BCUT2D eigenvalue weighted by molar-refractivity contribution is -0.138. The second-order valence-electron chi connectivity index (χ2n) is 16.5. The number of nitrogens with zero attached hydrogens (tertiary/aromatic N) is 1. The summed E-state index contributed by atoms with van der Waals surface area (Å²) < 4.78 is 6.89. The van der Waals surface area contributed by atoms with Gasteiger partial charge in [0.05, 0.1) is 5.69 Å². The normalized spacial score (nSPS) is 14.7. The van der Waals surface area contributed by atoms with Crippen LogP contribution in [0.15, 0.2) is 78.9 Å². The first kappa shape index (κ1) is 43.2. The number of H-pyrrole nitrogens is 2. The lowest BCUT2D eigenvalue weighted by Gasteiger charge is -2.37. The monoisotopic (exact) mass is 884 g/mol. The quantitative estimate of drug-likeness (QED) is 0.0255. The van der Waals surface area contributed by atoms with Crippen LogP contribution < -0.4 is 25.3 Å². The molecule has 2 atom stereocenters. The van der Waals surface area contributed by atoms with E-state index >= 15 is 0 Å². The topological polar surface area (TPSA) is 169 Å². The Morgan fingerprint density at radius 1 is 0.900 bits per heavy atom. The number of likely N-dealkylation sites (N-methyl/N-ethyl adjacent to an activating group) is 1. The molecular formula is C44H49ClN6O6S2Si. The van der Waals surface area contributed by atoms with Crippen molar-refractivity contribution in [1.29, 1.82) is 0 Å². The highest BCUT2D eigenvalue weighted by Gasteiger charge is 2.41. The number of carbonyl (C=O) groups is 4. The minimum Gasteiger partial charge on any atom is -0.543 e. The summed E-state index contributed by atoms with van der Waals surface area (Å²) in [6.07, 6.45) is 0.265. The van der Waals surface area contributed by atoms with Crippen molar-refractivity contribution < 1.29 is 28.7 Å². The number of hydrogen-bond acceptors (Lipinski definition) is 8. The van der Waals surface area contributed by atoms with Gasteiger partial charge in [0.1, 0.15) is 23.2 Å². The van der Waals surface area contributed by atoms with Gasteiger partial charge in [-0.25, -0.2) is 0 Å². The Kier molecular flexibility index (Phi) is 12.6. The van der Waals surface area contributed by atoms with Crippen LogP contribution in [0.2, 0.25) is 18.1 Å². The van der Waals surface area contributed by atoms with Crippen LogP contribution in [0.3, 0.4) is 0 Å². The van der Waals surface area contributed by atoms with E-state index in [1.807, 2.05) is 36.4 Å². The predicted octanol–water partition coefficient (Wildman–Crippen LogP) is 9.80. The lowest BCUT2D eigenvalue weighted by Crippen LogP contribution is -2.44. The molecule has 60 heavy (non-hydrogen) atoms. The van der Waals surface area contributed by atoms with E-state index in [1.165, 1.54) is 21.6 Å². The van der Waals surface area contributed by atoms with E-state index in [0.717, 1.165) is 49.6 Å². The number of nitrogens with one attached hydrogen (secondary N) is 5. The van der Waals surface area contributed by atoms with E-state index in [4.69, 9.17) is 21.1 Å². The van der Waals surface area contributed by atoms with Crippen molar-refractivity contribution in [3.8, 4) is 5.75 Å². The highest BCUT2D eigenvalue weighted by atomic mass is 35.5. The van der Waals surface area contributed by atoms with Crippen LogP contribution in [-0.4, -0.2) is 84.1 Å². The Bertz CT molecular complexity index is 2620. The van der Waals surface area contributed by atoms with E-state index in [9.17, 15) is 19.2 Å². The fraction of sp³-hybridized carbons (Fsp3) is 0.318. The molecular weight excluding hydrogens is 836 g/mol. The molecule has 6 N–H and O–H groups in total. The molecule has 12 nitrogen and oxygen atoms in total. The first-order chi connectivity index (χ1) is 28.6. The van der Waals surface area contributed by atoms with Gasteiger partial charge in [-0.15, -0.1) is 11.6 Å². The van der Waals surface area contributed by atoms with Gasteiger partial charge in [0.25, 0.3) is 20.1 Å². The Morgan fingerprint density at radius 3 is 2.17 bits per heavy atom. The van der Waals surface area contributed by atoms with Gasteiger partial charge in [-0.1, -0.05) is 66.6 Å². The number of fused-ring (bicyclic) bond motifs is 5. The predicted molar refractivity (Wildman–Crippen MR) is 250 cm³/mol. The first-order valence-electron chi connectivity index (χ1n) is 19.7. The number of aliphatic carboxylic acids is 1. The number of benzene rings is 4. The molecule has 0 fully saturated rings. The molecule has 1 unspecified atom stereocenters. The van der Waals surface area contributed by atoms with Crippen LogP contribution in [0.4, 0.5) is 17.1 Å². The summed E-state index contributed by atoms with van der Waals surface area (Å²) in [6.45, 7) is 11.5. The van der Waals surface area contributed by atoms with Crippen molar-refractivity contribution in [2.45, 2.75) is 57.3 Å². The molecule has 1 aliphatic rings. The number of aromatic amines is 2. The molecule has 0 spiro atoms. The summed E-state index contributed by atoms with van der Waals surface area (Å²) in [4.78, 5) is 59.8. The molecule has 0 bridgehead atoms. The highest BCUT2D eigenvalue weighted by molar-refractivity contribution is 8.76. The zero-order chi connectivity index (χ0) is 42.9. The number of anilines is 3. The lowest BCUT2D eigenvalue weighted by atomic mass is 9.95. The second-order valence-corrected chi connectivity index (χ2v) is 24.2. The molecule has 6 aromatic rings. The van der Waals surface area contributed by atoms with Gasteiger partial charge in [0.2, 0.25) is 5.91 Å². The van der Waals surface area contributed by atoms with E-state index in [-0.39, 0.29) is 35.1 Å². The second kappa shape index (κ2) is 17.6. The molecule has 0 saturated carbocycles. The van der Waals surface area contributed by atoms with Crippen molar-refractivity contribution in [2.75, 3.05) is 46.5 Å². The van der Waals surface area contributed by atoms with Gasteiger partial charge in [0.15, 0.2) is 0 Å². The zero-order valence-electron chi connectivity index (χ0n) is 34.3. The van der Waals surface area contributed by atoms with E-state index in [2.05, 4.69) is 71.9 Å². The maximum Gasteiger partial charge on any atom is 0.321 e. The maximum absolute atomic E-state index is 14.4. The SMILES string of the molecule is CN[C@@H](CSSCCC(=O)Nc1ccc2[nH]c(C(=O)Nc3ccc4[nH]c(C(=O)N5CC(CCl)c6c5cc(O[Si](C)(C)C(C)(C)C)c5ccccc65)cc4c3)cc2c1)C(=O)O. The van der Waals surface area contributed by atoms with Crippen LogP contribution in [0.25, 0.3) is 32.6 Å². The van der Waals surface area contributed by atoms with Crippen molar-refractivity contribution in [2.24, 2.45) is 0 Å². The average Bonchev–Trinajstić information content (AvgIpc) is 3.93. The molecule has 3 amide bonds. The Balaban J connectivity index is 1.03. The average molecular weight is 886 g/mol. The number of amides is 3. The first-order valence-corrected chi connectivity index (χ1v) is 25.6. The van der Waals surface area contributed by atoms with Crippen LogP contribution in [0, 0.1) is 0 Å². The highest BCUT2D eigenvalue weighted by Crippen LogP contribution is 2.48. The van der Waals surface area contributed by atoms with Crippen molar-refractivity contribution in [3.05, 3.63) is 95.8 Å². The van der Waals surface area contributed by atoms with Gasteiger partial charge < -0.3 is 40.4 Å². The Hall–Kier alpha value is -4.93. The number of aromatic nitrogens is 2. The summed E-state index contributed by atoms with van der Waals surface area (Å²) in [5, 5.41) is 21.3. The third-order valence-electron chi connectivity index (χ3n) is 11.4. The molecule has 1 aliphatic heterocycles. The number of alkyl halides is 1. The summed E-state index contributed by atoms with van der Waals surface area (Å²) in [5.41, 5.74) is 5.27. The molecule has 0 radical (unpaired) electrons. The molecule has 4 aromatic carbocycles. The third-order valence-corrected chi connectivity index (χ3v) is 18.5. The minimum atomic E-state index is -2.22. The number of rotatable bonds is 15. The van der Waals surface area contributed by atoms with Crippen LogP contribution in [-0.2, 0) is 9.59 Å². The number of hydrogen-bond donors (Lipinski definition) is 6. The van der Waals surface area contributed by atoms with Crippen LogP contribution >= 0.6 is 33.2 Å². The molecule has 0 aliphatic carbocycles. The van der Waals surface area contributed by atoms with Gasteiger partial charge >= 0.3 is 5.97 Å². The molecule has 314 valence electrons. The molecule has 16 heteroatoms. The fourth-order valence-electron chi connectivity index (χ4n) is 7.06. The summed E-state index contributed by atoms with van der Waals surface area (Å²) >= 11 is 6.58. The van der Waals surface area contributed by atoms with E-state index in [0.29, 0.717) is 46.7 Å². The van der Waals surface area contributed by atoms with Crippen molar-refractivity contribution in [1.82, 2.24) is 15.3 Å². The summed E-state index contributed by atoms with van der Waals surface area (Å²) in [6, 6.07) is 23.9. The van der Waals surface area contributed by atoms with E-state index < -0.39 is 20.3 Å². The standard InChI is InChI=1S/C44H49ClN6O6S2Si/c1-44(2,3)60(5,6)57-38-21-37-40(31-10-8-7-9-30(31)38)27(22-45)23-51(37)42(54)35-20-26-18-29(12-14-33(26)50-35)48-41(53)34-19-25-17-28(11-13-32(25)49-34)47-39(52)15-16-58-59-24-36(46-4)43(55)56/h7-14,17-21,27,36,46,49-50H,15-16,22-24H2,1-6H3,(H,47,52)(H,48,53)(H,55,56)/t27?,36-/m0/s1. The van der Waals surface area contributed by atoms with Crippen LogP contribution in [0.1, 0.15) is 59.7 Å². The van der Waals surface area contributed by atoms with Crippen LogP contribution in [0.5, 0.6) is 5.75 Å². The zero-order valence-corrected chi connectivity index (χ0v) is 37.7. The van der Waals surface area contributed by atoms with Gasteiger partial charge in [-0.05, 0) is 84.7 Å². The largest absolute Gasteiger partial charge is 0.543 e. The maximum atomic E-state index is 14.4. The smallest absolute Gasteiger partial charge is 0.321 e. The fourth-order valence-corrected chi connectivity index (χ4v) is 10.6. The number of halogens is 1. The van der Waals surface area contributed by atoms with Gasteiger partial charge in [0, 0.05) is 80.9 Å². The molecule has 2 aromatic heterocycles. The number of carboxylic acids is 1. The molecule has 0 saturated heterocycles. The van der Waals surface area contributed by atoms with E-state index in [1.54, 1.807) is 42.3 Å². The third kappa shape index (κ3) is 9.05. The summed E-state index contributed by atoms with van der Waals surface area (Å²) in [5.74, 6) is 0.416. The van der Waals surface area contributed by atoms with Gasteiger partial charge in [-0.2, -0.15) is 0 Å². The molecule has 3 heterocycles. The summed E-state index contributed by atoms with van der Waals surface area (Å²) in [7, 11) is 2.24. The number of carboxylic acid groups (broad SMARTS) is 1.